The molecule has 0 unspecified atom stereocenters. The van der Waals surface area contributed by atoms with E-state index >= 15 is 0 Å². The largest absolute Gasteiger partial charge is 0.454 e. The molecule has 7 heteroatoms. The normalized spacial score (nSPS) is 13.0. The first kappa shape index (κ1) is 14.2. The first-order chi connectivity index (χ1) is 10.6. The van der Waals surface area contributed by atoms with Crippen molar-refractivity contribution in [3.05, 3.63) is 58.6 Å². The Morgan fingerprint density at radius 3 is 2.55 bits per heavy atom. The number of oxime groups is 1. The summed E-state index contributed by atoms with van der Waals surface area (Å²) in [6, 6.07) is 11.4. The van der Waals surface area contributed by atoms with Gasteiger partial charge in [-0.3, -0.25) is 0 Å². The zero-order chi connectivity index (χ0) is 15.5. The summed E-state index contributed by atoms with van der Waals surface area (Å²) in [5.74, 6) is 0.505. The van der Waals surface area contributed by atoms with Gasteiger partial charge in [-0.1, -0.05) is 16.8 Å². The van der Waals surface area contributed by atoms with E-state index in [1.807, 2.05) is 0 Å². The molecule has 0 radical (unpaired) electrons. The van der Waals surface area contributed by atoms with Crippen molar-refractivity contribution in [3.63, 3.8) is 0 Å². The number of carbonyl (C=O) groups is 1. The summed E-state index contributed by atoms with van der Waals surface area (Å²) in [4.78, 5) is 16.8. The molecule has 0 bridgehead atoms. The van der Waals surface area contributed by atoms with Crippen molar-refractivity contribution >= 4 is 23.4 Å². The van der Waals surface area contributed by atoms with Crippen molar-refractivity contribution in [2.24, 2.45) is 10.9 Å². The third-order valence-corrected chi connectivity index (χ3v) is 3.23. The highest BCUT2D eigenvalue weighted by Gasteiger charge is 2.17. The predicted molar refractivity (Wildman–Crippen MR) is 80.2 cm³/mol. The highest BCUT2D eigenvalue weighted by Crippen LogP contribution is 2.32. The van der Waals surface area contributed by atoms with Gasteiger partial charge in [0.25, 0.3) is 0 Å². The standard InChI is InChI=1S/C15H11ClN2O4/c16-11-4-1-9(2-5-11)14(17)18-22-15(19)10-3-6-12-13(7-10)21-8-20-12/h1-7H,8H2,(H2,17,18). The Morgan fingerprint density at radius 2 is 1.77 bits per heavy atom. The van der Waals surface area contributed by atoms with Gasteiger partial charge in [0.2, 0.25) is 6.79 Å². The van der Waals surface area contributed by atoms with E-state index in [0.717, 1.165) is 0 Å². The van der Waals surface area contributed by atoms with Crippen LogP contribution in [0, 0.1) is 0 Å². The lowest BCUT2D eigenvalue weighted by atomic mass is 10.2. The number of nitrogens with two attached hydrogens (primary N) is 1. The SMILES string of the molecule is N/C(=N\OC(=O)c1ccc2c(c1)OCO2)c1ccc(Cl)cc1. The summed E-state index contributed by atoms with van der Waals surface area (Å²) < 4.78 is 10.4. The highest BCUT2D eigenvalue weighted by molar-refractivity contribution is 6.30. The van der Waals surface area contributed by atoms with Gasteiger partial charge in [-0.25, -0.2) is 4.79 Å². The molecule has 0 amide bonds. The number of amidine groups is 1. The van der Waals surface area contributed by atoms with Crippen molar-refractivity contribution in [3.8, 4) is 11.5 Å². The quantitative estimate of drug-likeness (QED) is 0.407. The van der Waals surface area contributed by atoms with Crippen molar-refractivity contribution < 1.29 is 19.1 Å². The molecule has 3 rings (SSSR count). The minimum absolute atomic E-state index is 0.0748. The molecule has 0 fully saturated rings. The molecule has 0 saturated carbocycles. The number of benzene rings is 2. The van der Waals surface area contributed by atoms with E-state index in [1.165, 1.54) is 6.07 Å². The summed E-state index contributed by atoms with van der Waals surface area (Å²) >= 11 is 5.78. The van der Waals surface area contributed by atoms with E-state index < -0.39 is 5.97 Å². The van der Waals surface area contributed by atoms with Crippen LogP contribution in [0.1, 0.15) is 15.9 Å². The predicted octanol–water partition coefficient (Wildman–Crippen LogP) is 2.55. The average Bonchev–Trinajstić information content (AvgIpc) is 3.00. The van der Waals surface area contributed by atoms with Gasteiger partial charge in [0.05, 0.1) is 5.56 Å². The Morgan fingerprint density at radius 1 is 1.09 bits per heavy atom. The second-order valence-electron chi connectivity index (χ2n) is 4.43. The summed E-state index contributed by atoms with van der Waals surface area (Å²) in [6.45, 7) is 0.134. The van der Waals surface area contributed by atoms with Gasteiger partial charge in [-0.15, -0.1) is 0 Å². The molecule has 1 aliphatic heterocycles. The Labute approximate surface area is 131 Å². The number of ether oxygens (including phenoxy) is 2. The number of carbonyl (C=O) groups excluding carboxylic acids is 1. The van der Waals surface area contributed by atoms with E-state index in [-0.39, 0.29) is 18.2 Å². The zero-order valence-electron chi connectivity index (χ0n) is 11.3. The molecule has 0 spiro atoms. The monoisotopic (exact) mass is 318 g/mol. The van der Waals surface area contributed by atoms with E-state index in [2.05, 4.69) is 5.16 Å². The van der Waals surface area contributed by atoms with Crippen molar-refractivity contribution in [2.75, 3.05) is 6.79 Å². The Bertz CT molecular complexity index is 744. The fourth-order valence-corrected chi connectivity index (χ4v) is 1.97. The van der Waals surface area contributed by atoms with Gasteiger partial charge in [-0.05, 0) is 42.5 Å². The smallest absolute Gasteiger partial charge is 0.365 e. The molecule has 0 aliphatic carbocycles. The van der Waals surface area contributed by atoms with Crippen LogP contribution in [0.5, 0.6) is 11.5 Å². The third-order valence-electron chi connectivity index (χ3n) is 2.98. The molecule has 0 saturated heterocycles. The Balaban J connectivity index is 1.71. The summed E-state index contributed by atoms with van der Waals surface area (Å²) in [7, 11) is 0. The van der Waals surface area contributed by atoms with E-state index in [9.17, 15) is 4.79 Å². The number of halogens is 1. The number of fused-ring (bicyclic) bond motifs is 1. The molecule has 112 valence electrons. The molecule has 2 aromatic carbocycles. The molecule has 1 aliphatic rings. The molecular formula is C15H11ClN2O4. The maximum atomic E-state index is 11.9. The second-order valence-corrected chi connectivity index (χ2v) is 4.87. The molecule has 2 aromatic rings. The fraction of sp³-hybridized carbons (Fsp3) is 0.0667. The fourth-order valence-electron chi connectivity index (χ4n) is 1.84. The minimum atomic E-state index is -0.643. The summed E-state index contributed by atoms with van der Waals surface area (Å²) in [5, 5.41) is 4.20. The first-order valence-corrected chi connectivity index (χ1v) is 6.72. The summed E-state index contributed by atoms with van der Waals surface area (Å²) in [6.07, 6.45) is 0. The molecule has 6 nitrogen and oxygen atoms in total. The van der Waals surface area contributed by atoms with Gasteiger partial charge >= 0.3 is 5.97 Å². The van der Waals surface area contributed by atoms with Crippen LogP contribution in [-0.2, 0) is 4.84 Å². The minimum Gasteiger partial charge on any atom is -0.454 e. The maximum absolute atomic E-state index is 11.9. The van der Waals surface area contributed by atoms with E-state index in [4.69, 9.17) is 31.6 Å². The summed E-state index contributed by atoms with van der Waals surface area (Å²) in [5.41, 5.74) is 6.64. The van der Waals surface area contributed by atoms with Crippen LogP contribution in [0.4, 0.5) is 0 Å². The maximum Gasteiger partial charge on any atom is 0.365 e. The zero-order valence-corrected chi connectivity index (χ0v) is 12.0. The van der Waals surface area contributed by atoms with Crippen LogP contribution in [0.3, 0.4) is 0 Å². The van der Waals surface area contributed by atoms with E-state index in [1.54, 1.807) is 36.4 Å². The van der Waals surface area contributed by atoms with E-state index in [0.29, 0.717) is 22.1 Å². The molecule has 2 N–H and O–H groups in total. The highest BCUT2D eigenvalue weighted by atomic mass is 35.5. The Hall–Kier alpha value is -2.73. The average molecular weight is 319 g/mol. The van der Waals surface area contributed by atoms with Crippen molar-refractivity contribution in [1.29, 1.82) is 0 Å². The Kier molecular flexibility index (Phi) is 3.84. The molecular weight excluding hydrogens is 308 g/mol. The van der Waals surface area contributed by atoms with Crippen molar-refractivity contribution in [1.82, 2.24) is 0 Å². The van der Waals surface area contributed by atoms with Gasteiger partial charge in [0.1, 0.15) is 0 Å². The lowest BCUT2D eigenvalue weighted by Crippen LogP contribution is -2.15. The number of nitrogens with zero attached hydrogens (tertiary/aromatic N) is 1. The van der Waals surface area contributed by atoms with Crippen molar-refractivity contribution in [2.45, 2.75) is 0 Å². The lowest BCUT2D eigenvalue weighted by molar-refractivity contribution is 0.0515. The number of hydrogen-bond acceptors (Lipinski definition) is 5. The van der Waals surface area contributed by atoms with Gasteiger partial charge in [0, 0.05) is 10.6 Å². The van der Waals surface area contributed by atoms with Crippen LogP contribution >= 0.6 is 11.6 Å². The molecule has 0 aromatic heterocycles. The lowest BCUT2D eigenvalue weighted by Gasteiger charge is -2.02. The topological polar surface area (TPSA) is 83.1 Å². The van der Waals surface area contributed by atoms with Crippen LogP contribution < -0.4 is 15.2 Å². The first-order valence-electron chi connectivity index (χ1n) is 6.34. The third kappa shape index (κ3) is 2.96. The molecule has 22 heavy (non-hydrogen) atoms. The van der Waals surface area contributed by atoms with Crippen LogP contribution in [-0.4, -0.2) is 18.6 Å². The second kappa shape index (κ2) is 5.95. The number of rotatable bonds is 3. The van der Waals surface area contributed by atoms with Gasteiger partial charge in [0.15, 0.2) is 17.3 Å². The van der Waals surface area contributed by atoms with Crippen LogP contribution in [0.15, 0.2) is 47.6 Å². The van der Waals surface area contributed by atoms with Gasteiger partial charge in [-0.2, -0.15) is 0 Å². The van der Waals surface area contributed by atoms with Crippen LogP contribution in [0.2, 0.25) is 5.02 Å². The molecule has 0 atom stereocenters. The molecule has 1 heterocycles. The van der Waals surface area contributed by atoms with Gasteiger partial charge < -0.3 is 20.0 Å². The number of hydrogen-bond donors (Lipinski definition) is 1. The van der Waals surface area contributed by atoms with Crippen LogP contribution in [0.25, 0.3) is 0 Å².